The van der Waals surface area contributed by atoms with Crippen LogP contribution in [0, 0.1) is 11.7 Å². The summed E-state index contributed by atoms with van der Waals surface area (Å²) in [5.74, 6) is -0.327. The second kappa shape index (κ2) is 4.56. The van der Waals surface area contributed by atoms with Gasteiger partial charge in [0.1, 0.15) is 6.04 Å². The lowest BCUT2D eigenvalue weighted by Gasteiger charge is -2.28. The van der Waals surface area contributed by atoms with Gasteiger partial charge in [-0.2, -0.15) is 0 Å². The summed E-state index contributed by atoms with van der Waals surface area (Å²) in [5, 5.41) is 0. The lowest BCUT2D eigenvalue weighted by atomic mass is 10.0. The molecule has 1 aromatic carbocycles. The Morgan fingerprint density at radius 2 is 2.10 bits per heavy atom. The number of nitrogens with zero attached hydrogens (tertiary/aromatic N) is 2. The minimum Gasteiger partial charge on any atom is -0.331 e. The van der Waals surface area contributed by atoms with Crippen molar-refractivity contribution in [3.8, 4) is 0 Å². The molecule has 1 aliphatic heterocycles. The van der Waals surface area contributed by atoms with Crippen molar-refractivity contribution in [2.75, 3.05) is 7.05 Å². The fourth-order valence-electron chi connectivity index (χ4n) is 2.69. The molecule has 0 radical (unpaired) electrons. The number of imidazole rings is 1. The number of likely N-dealkylation sites (N-methyl/N-ethyl adjacent to an activating group) is 1. The Kier molecular flexibility index (Phi) is 2.97. The lowest BCUT2D eigenvalue weighted by Crippen LogP contribution is -2.43. The topological polar surface area (TPSA) is 58.1 Å². The number of benzene rings is 1. The normalized spacial score (nSPS) is 19.9. The van der Waals surface area contributed by atoms with Gasteiger partial charge in [-0.3, -0.25) is 14.5 Å². The van der Waals surface area contributed by atoms with Crippen molar-refractivity contribution in [1.29, 1.82) is 0 Å². The Morgan fingerprint density at radius 3 is 2.85 bits per heavy atom. The summed E-state index contributed by atoms with van der Waals surface area (Å²) in [4.78, 5) is 28.2. The molecule has 20 heavy (non-hydrogen) atoms. The Balaban J connectivity index is 2.15. The van der Waals surface area contributed by atoms with Crippen molar-refractivity contribution in [1.82, 2.24) is 14.5 Å². The molecule has 5 nitrogen and oxygen atoms in total. The van der Waals surface area contributed by atoms with Crippen molar-refractivity contribution >= 4 is 35.1 Å². The molecule has 0 aliphatic carbocycles. The van der Waals surface area contributed by atoms with Gasteiger partial charge in [-0.25, -0.2) is 0 Å². The smallest absolute Gasteiger partial charge is 0.252 e. The van der Waals surface area contributed by atoms with E-state index in [4.69, 9.17) is 12.2 Å². The van der Waals surface area contributed by atoms with E-state index in [1.165, 1.54) is 11.9 Å². The first kappa shape index (κ1) is 13.1. The van der Waals surface area contributed by atoms with Crippen LogP contribution < -0.4 is 0 Å². The second-order valence-electron chi connectivity index (χ2n) is 5.17. The Labute approximate surface area is 121 Å². The highest BCUT2D eigenvalue weighted by Gasteiger charge is 2.34. The fraction of sp³-hybridized carbons (Fsp3) is 0.357. The van der Waals surface area contributed by atoms with Gasteiger partial charge in [-0.05, 0) is 43.3 Å². The first-order valence-electron chi connectivity index (χ1n) is 6.50. The molecule has 6 heteroatoms. The van der Waals surface area contributed by atoms with Crippen LogP contribution in [0.2, 0.25) is 0 Å². The van der Waals surface area contributed by atoms with Crippen LogP contribution in [0.5, 0.6) is 0 Å². The summed E-state index contributed by atoms with van der Waals surface area (Å²) in [6.07, 6.45) is 0.865. The van der Waals surface area contributed by atoms with E-state index < -0.39 is 6.04 Å². The highest BCUT2D eigenvalue weighted by atomic mass is 32.1. The highest BCUT2D eigenvalue weighted by molar-refractivity contribution is 7.71. The van der Waals surface area contributed by atoms with Gasteiger partial charge in [0.25, 0.3) is 5.91 Å². The van der Waals surface area contributed by atoms with Gasteiger partial charge in [0.05, 0.1) is 11.0 Å². The SMILES string of the molecule is Cc1ccc2c(c1)[nH]c(=S)n2C1CCC(=O)N(C)C1=O. The fourth-order valence-corrected chi connectivity index (χ4v) is 3.03. The first-order valence-corrected chi connectivity index (χ1v) is 6.91. The maximum Gasteiger partial charge on any atom is 0.252 e. The van der Waals surface area contributed by atoms with E-state index in [2.05, 4.69) is 4.98 Å². The third-order valence-electron chi connectivity index (χ3n) is 3.81. The number of aromatic amines is 1. The van der Waals surface area contributed by atoms with Gasteiger partial charge in [0.15, 0.2) is 4.77 Å². The highest BCUT2D eigenvalue weighted by Crippen LogP contribution is 2.28. The van der Waals surface area contributed by atoms with Gasteiger partial charge in [-0.1, -0.05) is 6.07 Å². The van der Waals surface area contributed by atoms with Crippen LogP contribution in [0.1, 0.15) is 24.4 Å². The lowest BCUT2D eigenvalue weighted by molar-refractivity contribution is -0.149. The van der Waals surface area contributed by atoms with Crippen LogP contribution in [0.3, 0.4) is 0 Å². The molecule has 1 fully saturated rings. The summed E-state index contributed by atoms with van der Waals surface area (Å²) >= 11 is 5.35. The summed E-state index contributed by atoms with van der Waals surface area (Å²) in [6.45, 7) is 2.01. The maximum absolute atomic E-state index is 12.3. The average Bonchev–Trinajstić information content (AvgIpc) is 2.72. The summed E-state index contributed by atoms with van der Waals surface area (Å²) in [6, 6.07) is 5.55. The number of rotatable bonds is 1. The maximum atomic E-state index is 12.3. The van der Waals surface area contributed by atoms with Gasteiger partial charge < -0.3 is 9.55 Å². The molecule has 3 rings (SSSR count). The van der Waals surface area contributed by atoms with Gasteiger partial charge in [0.2, 0.25) is 5.91 Å². The van der Waals surface area contributed by atoms with E-state index in [0.29, 0.717) is 17.6 Å². The minimum absolute atomic E-state index is 0.131. The zero-order valence-electron chi connectivity index (χ0n) is 11.3. The molecule has 2 amide bonds. The number of imide groups is 1. The molecule has 1 saturated heterocycles. The molecule has 0 spiro atoms. The summed E-state index contributed by atoms with van der Waals surface area (Å²) in [5.41, 5.74) is 2.95. The molecule has 2 aromatic rings. The molecule has 104 valence electrons. The summed E-state index contributed by atoms with van der Waals surface area (Å²) in [7, 11) is 1.53. The minimum atomic E-state index is -0.401. The zero-order valence-corrected chi connectivity index (χ0v) is 12.2. The molecule has 1 unspecified atom stereocenters. The standard InChI is InChI=1S/C14H15N3O2S/c1-8-3-4-10-9(7-8)15-14(20)17(10)11-5-6-12(18)16(2)13(11)19/h3-4,7,11H,5-6H2,1-2H3,(H,15,20). The second-order valence-corrected chi connectivity index (χ2v) is 5.55. The molecular weight excluding hydrogens is 274 g/mol. The molecule has 1 atom stereocenters. The number of H-pyrrole nitrogens is 1. The third-order valence-corrected chi connectivity index (χ3v) is 4.10. The van der Waals surface area contributed by atoms with Crippen molar-refractivity contribution in [3.63, 3.8) is 0 Å². The van der Waals surface area contributed by atoms with E-state index >= 15 is 0 Å². The number of carbonyl (C=O) groups is 2. The molecule has 2 heterocycles. The number of aromatic nitrogens is 2. The number of fused-ring (bicyclic) bond motifs is 1. The predicted molar refractivity (Wildman–Crippen MR) is 77.9 cm³/mol. The van der Waals surface area contributed by atoms with E-state index in [-0.39, 0.29) is 11.8 Å². The van der Waals surface area contributed by atoms with Crippen molar-refractivity contribution in [3.05, 3.63) is 28.5 Å². The number of amides is 2. The zero-order chi connectivity index (χ0) is 14.4. The molecule has 0 bridgehead atoms. The van der Waals surface area contributed by atoms with E-state index in [9.17, 15) is 9.59 Å². The van der Waals surface area contributed by atoms with Crippen molar-refractivity contribution in [2.45, 2.75) is 25.8 Å². The monoisotopic (exact) mass is 289 g/mol. The van der Waals surface area contributed by atoms with Crippen LogP contribution in [0.25, 0.3) is 11.0 Å². The summed E-state index contributed by atoms with van der Waals surface area (Å²) < 4.78 is 2.35. The molecule has 1 N–H and O–H groups in total. The van der Waals surface area contributed by atoms with Crippen LogP contribution >= 0.6 is 12.2 Å². The number of aryl methyl sites for hydroxylation is 1. The first-order chi connectivity index (χ1) is 9.49. The number of likely N-dealkylation sites (tertiary alicyclic amines) is 1. The number of nitrogens with one attached hydrogen (secondary N) is 1. The number of hydrogen-bond donors (Lipinski definition) is 1. The van der Waals surface area contributed by atoms with Crippen molar-refractivity contribution < 1.29 is 9.59 Å². The van der Waals surface area contributed by atoms with Crippen LogP contribution in [0.15, 0.2) is 18.2 Å². The Hall–Kier alpha value is -1.95. The van der Waals surface area contributed by atoms with Gasteiger partial charge >= 0.3 is 0 Å². The Morgan fingerprint density at radius 1 is 1.35 bits per heavy atom. The quantitative estimate of drug-likeness (QED) is 0.647. The molecule has 1 aromatic heterocycles. The van der Waals surface area contributed by atoms with E-state index in [1.807, 2.05) is 29.7 Å². The van der Waals surface area contributed by atoms with Crippen molar-refractivity contribution in [2.24, 2.45) is 0 Å². The van der Waals surface area contributed by atoms with Crippen LogP contribution in [-0.4, -0.2) is 33.3 Å². The molecule has 1 aliphatic rings. The number of piperidine rings is 1. The third kappa shape index (κ3) is 1.87. The average molecular weight is 289 g/mol. The number of carbonyl (C=O) groups excluding carboxylic acids is 2. The van der Waals surface area contributed by atoms with Gasteiger partial charge in [0, 0.05) is 13.5 Å². The molecular formula is C14H15N3O2S. The van der Waals surface area contributed by atoms with Crippen LogP contribution in [0.4, 0.5) is 0 Å². The number of hydrogen-bond acceptors (Lipinski definition) is 3. The van der Waals surface area contributed by atoms with Gasteiger partial charge in [-0.15, -0.1) is 0 Å². The predicted octanol–water partition coefficient (Wildman–Crippen LogP) is 2.33. The van der Waals surface area contributed by atoms with Crippen LogP contribution in [-0.2, 0) is 9.59 Å². The van der Waals surface area contributed by atoms with E-state index in [0.717, 1.165) is 16.6 Å². The Bertz CT molecular complexity index is 774. The largest absolute Gasteiger partial charge is 0.331 e. The molecule has 0 saturated carbocycles. The van der Waals surface area contributed by atoms with E-state index in [1.54, 1.807) is 0 Å².